The molecule has 31 heavy (non-hydrogen) atoms. The summed E-state index contributed by atoms with van der Waals surface area (Å²) in [6, 6.07) is -3.60. The van der Waals surface area contributed by atoms with Crippen LogP contribution in [0, 0.1) is 0 Å². The third kappa shape index (κ3) is 13.1. The van der Waals surface area contributed by atoms with E-state index >= 15 is 0 Å². The van der Waals surface area contributed by atoms with Gasteiger partial charge in [-0.3, -0.25) is 24.0 Å². The number of hydrogen-bond donors (Lipinski definition) is 7. The maximum atomic E-state index is 12.4. The number of aliphatic carboxylic acids is 3. The fourth-order valence-electron chi connectivity index (χ4n) is 2.25. The van der Waals surface area contributed by atoms with Crippen LogP contribution in [0.15, 0.2) is 0 Å². The topological polar surface area (TPSA) is 225 Å². The monoisotopic (exact) mass is 464 g/mol. The van der Waals surface area contributed by atoms with Gasteiger partial charge in [0.25, 0.3) is 0 Å². The van der Waals surface area contributed by atoms with Gasteiger partial charge in [-0.25, -0.2) is 4.79 Å². The Bertz CT molecular complexity index is 674. The number of carbonyl (C=O) groups excluding carboxylic acids is 3. The summed E-state index contributed by atoms with van der Waals surface area (Å²) in [5, 5.41) is 33.1. The summed E-state index contributed by atoms with van der Waals surface area (Å²) in [5.41, 5.74) is 5.62. The van der Waals surface area contributed by atoms with Crippen molar-refractivity contribution in [1.29, 1.82) is 0 Å². The van der Waals surface area contributed by atoms with Crippen LogP contribution in [0.4, 0.5) is 0 Å². The molecule has 0 aliphatic rings. The summed E-state index contributed by atoms with van der Waals surface area (Å²) in [5.74, 6) is -5.53. The Kier molecular flexibility index (Phi) is 13.6. The Hall–Kier alpha value is -2.87. The van der Waals surface area contributed by atoms with Crippen LogP contribution in [0.5, 0.6) is 0 Å². The first kappa shape index (κ1) is 28.1. The quantitative estimate of drug-likeness (QED) is 0.132. The van der Waals surface area contributed by atoms with Gasteiger partial charge in [0, 0.05) is 12.8 Å². The zero-order chi connectivity index (χ0) is 24.0. The van der Waals surface area contributed by atoms with Crippen LogP contribution >= 0.6 is 11.8 Å². The van der Waals surface area contributed by atoms with E-state index in [0.29, 0.717) is 5.75 Å². The Balaban J connectivity index is 4.79. The predicted molar refractivity (Wildman–Crippen MR) is 109 cm³/mol. The van der Waals surface area contributed by atoms with Crippen molar-refractivity contribution in [2.24, 2.45) is 5.73 Å². The van der Waals surface area contributed by atoms with E-state index in [2.05, 4.69) is 16.0 Å². The first-order chi connectivity index (χ1) is 14.5. The van der Waals surface area contributed by atoms with E-state index in [9.17, 15) is 28.8 Å². The van der Waals surface area contributed by atoms with E-state index < -0.39 is 66.7 Å². The zero-order valence-corrected chi connectivity index (χ0v) is 17.8. The maximum Gasteiger partial charge on any atom is 0.326 e. The average Bonchev–Trinajstić information content (AvgIpc) is 2.69. The van der Waals surface area contributed by atoms with Gasteiger partial charge in [-0.05, 0) is 31.3 Å². The Morgan fingerprint density at radius 2 is 1.42 bits per heavy atom. The molecule has 3 amide bonds. The molecule has 0 spiro atoms. The summed E-state index contributed by atoms with van der Waals surface area (Å²) >= 11 is 1.41. The largest absolute Gasteiger partial charge is 0.481 e. The van der Waals surface area contributed by atoms with Crippen molar-refractivity contribution in [3.05, 3.63) is 0 Å². The highest BCUT2D eigenvalue weighted by atomic mass is 32.2. The minimum Gasteiger partial charge on any atom is -0.481 e. The number of nitrogens with one attached hydrogen (secondary N) is 3. The molecule has 0 heterocycles. The molecule has 0 rings (SSSR count). The number of carboxylic acids is 3. The van der Waals surface area contributed by atoms with Crippen LogP contribution in [0.1, 0.15) is 32.1 Å². The van der Waals surface area contributed by atoms with Crippen molar-refractivity contribution in [1.82, 2.24) is 16.0 Å². The molecule has 3 atom stereocenters. The van der Waals surface area contributed by atoms with Gasteiger partial charge in [-0.2, -0.15) is 11.8 Å². The van der Waals surface area contributed by atoms with Gasteiger partial charge in [-0.15, -0.1) is 0 Å². The fraction of sp³-hybridized carbons (Fsp3) is 0.647. The lowest BCUT2D eigenvalue weighted by molar-refractivity contribution is -0.143. The van der Waals surface area contributed by atoms with Crippen molar-refractivity contribution >= 4 is 47.4 Å². The first-order valence-electron chi connectivity index (χ1n) is 9.26. The average molecular weight is 464 g/mol. The number of amides is 3. The summed E-state index contributed by atoms with van der Waals surface area (Å²) in [6.07, 6.45) is 0.768. The normalized spacial score (nSPS) is 13.4. The van der Waals surface area contributed by atoms with Crippen LogP contribution in [0.2, 0.25) is 0 Å². The van der Waals surface area contributed by atoms with Crippen molar-refractivity contribution in [3.63, 3.8) is 0 Å². The van der Waals surface area contributed by atoms with E-state index in [0.717, 1.165) is 0 Å². The highest BCUT2D eigenvalue weighted by Crippen LogP contribution is 2.03. The molecule has 0 saturated carbocycles. The number of carbonyl (C=O) groups is 6. The van der Waals surface area contributed by atoms with Crippen LogP contribution < -0.4 is 21.7 Å². The molecule has 3 unspecified atom stereocenters. The molecule has 0 fully saturated rings. The SMILES string of the molecule is CSCCC(NC(=O)C(N)CCC(=O)O)C(=O)NCC(=O)NC(CCC(=O)O)C(=O)O. The third-order valence-electron chi connectivity index (χ3n) is 3.95. The molecule has 0 radical (unpaired) electrons. The van der Waals surface area contributed by atoms with E-state index in [1.54, 1.807) is 6.26 Å². The van der Waals surface area contributed by atoms with Crippen molar-refractivity contribution in [3.8, 4) is 0 Å². The number of nitrogens with two attached hydrogens (primary N) is 1. The molecular weight excluding hydrogens is 436 g/mol. The Labute approximate surface area is 182 Å². The Morgan fingerprint density at radius 3 is 1.94 bits per heavy atom. The highest BCUT2D eigenvalue weighted by molar-refractivity contribution is 7.98. The lowest BCUT2D eigenvalue weighted by atomic mass is 10.1. The van der Waals surface area contributed by atoms with Crippen LogP contribution in [0.3, 0.4) is 0 Å². The number of rotatable bonds is 16. The number of carboxylic acid groups (broad SMARTS) is 3. The lowest BCUT2D eigenvalue weighted by Gasteiger charge is -2.20. The Morgan fingerprint density at radius 1 is 0.839 bits per heavy atom. The molecule has 176 valence electrons. The van der Waals surface area contributed by atoms with Crippen molar-refractivity contribution < 1.29 is 44.1 Å². The van der Waals surface area contributed by atoms with Crippen molar-refractivity contribution in [2.45, 2.75) is 50.2 Å². The minimum atomic E-state index is -1.43. The van der Waals surface area contributed by atoms with E-state index in [1.165, 1.54) is 11.8 Å². The summed E-state index contributed by atoms with van der Waals surface area (Å²) in [6.45, 7) is -0.591. The molecule has 8 N–H and O–H groups in total. The van der Waals surface area contributed by atoms with Crippen LogP contribution in [-0.4, -0.2) is 87.6 Å². The zero-order valence-electron chi connectivity index (χ0n) is 17.0. The molecule has 13 nitrogen and oxygen atoms in total. The highest BCUT2D eigenvalue weighted by Gasteiger charge is 2.25. The van der Waals surface area contributed by atoms with Gasteiger partial charge in [0.05, 0.1) is 12.6 Å². The molecule has 0 aromatic rings. The van der Waals surface area contributed by atoms with Gasteiger partial charge in [0.1, 0.15) is 12.1 Å². The third-order valence-corrected chi connectivity index (χ3v) is 4.60. The van der Waals surface area contributed by atoms with Crippen molar-refractivity contribution in [2.75, 3.05) is 18.6 Å². The molecule has 0 aromatic heterocycles. The van der Waals surface area contributed by atoms with Gasteiger partial charge >= 0.3 is 17.9 Å². The molecule has 0 aliphatic carbocycles. The van der Waals surface area contributed by atoms with Crippen LogP contribution in [0.25, 0.3) is 0 Å². The second kappa shape index (κ2) is 15.0. The summed E-state index contributed by atoms with van der Waals surface area (Å²) in [7, 11) is 0. The molecule has 14 heteroatoms. The molecule has 0 saturated heterocycles. The predicted octanol–water partition coefficient (Wildman–Crippen LogP) is -2.03. The van der Waals surface area contributed by atoms with E-state index in [1.807, 2.05) is 0 Å². The van der Waals surface area contributed by atoms with Gasteiger partial charge in [0.2, 0.25) is 17.7 Å². The number of thioether (sulfide) groups is 1. The lowest BCUT2D eigenvalue weighted by Crippen LogP contribution is -2.53. The standard InChI is InChI=1S/C17H28N4O9S/c1-31-7-6-10(21-15(27)9(18)2-4-13(23)24)16(28)19-8-12(22)20-11(17(29)30)3-5-14(25)26/h9-11H,2-8,18H2,1H3,(H,19,28)(H,20,22)(H,21,27)(H,23,24)(H,25,26)(H,29,30). The second-order valence-corrected chi connectivity index (χ2v) is 7.48. The molecular formula is C17H28N4O9S. The number of hydrogen-bond acceptors (Lipinski definition) is 8. The van der Waals surface area contributed by atoms with E-state index in [4.69, 9.17) is 21.1 Å². The van der Waals surface area contributed by atoms with Gasteiger partial charge < -0.3 is 37.0 Å². The summed E-state index contributed by atoms with van der Waals surface area (Å²) in [4.78, 5) is 68.6. The van der Waals surface area contributed by atoms with Crippen LogP contribution in [-0.2, 0) is 28.8 Å². The van der Waals surface area contributed by atoms with Gasteiger partial charge in [-0.1, -0.05) is 0 Å². The summed E-state index contributed by atoms with van der Waals surface area (Å²) < 4.78 is 0. The molecule has 0 aromatic carbocycles. The first-order valence-corrected chi connectivity index (χ1v) is 10.7. The minimum absolute atomic E-state index is 0.118. The molecule has 0 bridgehead atoms. The van der Waals surface area contributed by atoms with Gasteiger partial charge in [0.15, 0.2) is 0 Å². The maximum absolute atomic E-state index is 12.4. The fourth-order valence-corrected chi connectivity index (χ4v) is 2.73. The molecule has 0 aliphatic heterocycles. The smallest absolute Gasteiger partial charge is 0.326 e. The van der Waals surface area contributed by atoms with E-state index in [-0.39, 0.29) is 25.7 Å². The second-order valence-electron chi connectivity index (χ2n) is 6.49.